The van der Waals surface area contributed by atoms with Crippen LogP contribution < -0.4 is 5.32 Å². The van der Waals surface area contributed by atoms with Crippen LogP contribution in [0.25, 0.3) is 0 Å². The molecule has 1 heterocycles. The summed E-state index contributed by atoms with van der Waals surface area (Å²) in [4.78, 5) is 2.56. The third-order valence-electron chi connectivity index (χ3n) is 4.30. The van der Waals surface area contributed by atoms with Gasteiger partial charge >= 0.3 is 0 Å². The molecule has 2 nitrogen and oxygen atoms in total. The lowest BCUT2D eigenvalue weighted by Gasteiger charge is -2.26. The van der Waals surface area contributed by atoms with Crippen molar-refractivity contribution in [1.82, 2.24) is 10.2 Å². The van der Waals surface area contributed by atoms with Gasteiger partial charge in [0.2, 0.25) is 0 Å². The minimum atomic E-state index is -0.102. The molecule has 2 rings (SSSR count). The second-order valence-corrected chi connectivity index (χ2v) is 5.39. The zero-order valence-electron chi connectivity index (χ0n) is 12.0. The van der Waals surface area contributed by atoms with Gasteiger partial charge in [-0.05, 0) is 45.3 Å². The van der Waals surface area contributed by atoms with Crippen molar-refractivity contribution in [2.45, 2.75) is 44.7 Å². The molecule has 0 bridgehead atoms. The molecule has 0 saturated carbocycles. The molecule has 1 saturated heterocycles. The monoisotopic (exact) mass is 264 g/mol. The Balaban J connectivity index is 1.95. The summed E-state index contributed by atoms with van der Waals surface area (Å²) in [7, 11) is 1.92. The SMILES string of the molecule is CCC1CCCN1CCC(NC)c1ccccc1F. The van der Waals surface area contributed by atoms with E-state index in [0.29, 0.717) is 0 Å². The van der Waals surface area contributed by atoms with Gasteiger partial charge in [0.25, 0.3) is 0 Å². The van der Waals surface area contributed by atoms with E-state index in [9.17, 15) is 4.39 Å². The first-order valence-corrected chi connectivity index (χ1v) is 7.42. The number of hydrogen-bond acceptors (Lipinski definition) is 2. The van der Waals surface area contributed by atoms with E-state index in [1.54, 1.807) is 12.1 Å². The molecule has 2 atom stereocenters. The molecule has 1 aromatic rings. The quantitative estimate of drug-likeness (QED) is 0.847. The fraction of sp³-hybridized carbons (Fsp3) is 0.625. The lowest BCUT2D eigenvalue weighted by Crippen LogP contribution is -2.32. The molecule has 0 radical (unpaired) electrons. The molecule has 2 unspecified atom stereocenters. The summed E-state index contributed by atoms with van der Waals surface area (Å²) in [5.41, 5.74) is 0.789. The molecule has 1 aliphatic rings. The summed E-state index contributed by atoms with van der Waals surface area (Å²) in [5.74, 6) is -0.102. The Morgan fingerprint density at radius 1 is 1.42 bits per heavy atom. The molecule has 0 amide bonds. The number of nitrogens with zero attached hydrogens (tertiary/aromatic N) is 1. The fourth-order valence-corrected chi connectivity index (χ4v) is 3.16. The number of benzene rings is 1. The van der Waals surface area contributed by atoms with Crippen LogP contribution in [0, 0.1) is 5.82 Å². The maximum absolute atomic E-state index is 13.8. The second kappa shape index (κ2) is 7.01. The zero-order valence-corrected chi connectivity index (χ0v) is 12.0. The molecule has 0 aliphatic carbocycles. The van der Waals surface area contributed by atoms with Gasteiger partial charge < -0.3 is 10.2 Å². The zero-order chi connectivity index (χ0) is 13.7. The van der Waals surface area contributed by atoms with Crippen molar-refractivity contribution in [3.05, 3.63) is 35.6 Å². The molecular weight excluding hydrogens is 239 g/mol. The van der Waals surface area contributed by atoms with Gasteiger partial charge in [-0.1, -0.05) is 25.1 Å². The van der Waals surface area contributed by atoms with Gasteiger partial charge in [-0.25, -0.2) is 4.39 Å². The molecule has 0 aromatic heterocycles. The van der Waals surface area contributed by atoms with E-state index in [4.69, 9.17) is 0 Å². The highest BCUT2D eigenvalue weighted by molar-refractivity contribution is 5.21. The predicted octanol–water partition coefficient (Wildman–Crippen LogP) is 3.35. The smallest absolute Gasteiger partial charge is 0.127 e. The van der Waals surface area contributed by atoms with E-state index in [1.165, 1.54) is 25.8 Å². The van der Waals surface area contributed by atoms with Gasteiger partial charge in [0.1, 0.15) is 5.82 Å². The molecule has 0 spiro atoms. The van der Waals surface area contributed by atoms with Crippen molar-refractivity contribution in [2.24, 2.45) is 0 Å². The van der Waals surface area contributed by atoms with Crippen LogP contribution in [0.1, 0.15) is 44.2 Å². The molecule has 1 N–H and O–H groups in total. The molecule has 19 heavy (non-hydrogen) atoms. The first-order valence-electron chi connectivity index (χ1n) is 7.42. The van der Waals surface area contributed by atoms with Crippen LogP contribution in [0.2, 0.25) is 0 Å². The van der Waals surface area contributed by atoms with Crippen molar-refractivity contribution in [2.75, 3.05) is 20.1 Å². The topological polar surface area (TPSA) is 15.3 Å². The minimum absolute atomic E-state index is 0.102. The molecule has 1 aliphatic heterocycles. The standard InChI is InChI=1S/C16H25FN2/c1-3-13-7-6-11-19(13)12-10-16(18-2)14-8-4-5-9-15(14)17/h4-5,8-9,13,16,18H,3,6-7,10-12H2,1-2H3. The van der Waals surface area contributed by atoms with Gasteiger partial charge in [-0.2, -0.15) is 0 Å². The van der Waals surface area contributed by atoms with Crippen LogP contribution in [0.4, 0.5) is 4.39 Å². The van der Waals surface area contributed by atoms with Crippen LogP contribution >= 0.6 is 0 Å². The van der Waals surface area contributed by atoms with E-state index in [1.807, 2.05) is 19.2 Å². The minimum Gasteiger partial charge on any atom is -0.313 e. The van der Waals surface area contributed by atoms with E-state index >= 15 is 0 Å². The maximum Gasteiger partial charge on any atom is 0.127 e. The first-order chi connectivity index (χ1) is 9.26. The van der Waals surface area contributed by atoms with Crippen LogP contribution in [-0.2, 0) is 0 Å². The maximum atomic E-state index is 13.8. The van der Waals surface area contributed by atoms with Crippen molar-refractivity contribution < 1.29 is 4.39 Å². The Labute approximate surface area is 116 Å². The number of rotatable bonds is 6. The van der Waals surface area contributed by atoms with E-state index in [0.717, 1.165) is 24.6 Å². The van der Waals surface area contributed by atoms with Gasteiger partial charge in [-0.3, -0.25) is 0 Å². The van der Waals surface area contributed by atoms with Crippen LogP contribution in [0.5, 0.6) is 0 Å². The molecular formula is C16H25FN2. The Bertz CT molecular complexity index is 394. The predicted molar refractivity (Wildman–Crippen MR) is 77.7 cm³/mol. The van der Waals surface area contributed by atoms with Crippen molar-refractivity contribution >= 4 is 0 Å². The molecule has 1 fully saturated rings. The van der Waals surface area contributed by atoms with Crippen LogP contribution in [0.3, 0.4) is 0 Å². The summed E-state index contributed by atoms with van der Waals surface area (Å²) in [6.45, 7) is 4.51. The summed E-state index contributed by atoms with van der Waals surface area (Å²) >= 11 is 0. The Hall–Kier alpha value is -0.930. The van der Waals surface area contributed by atoms with Crippen molar-refractivity contribution in [3.63, 3.8) is 0 Å². The Kier molecular flexibility index (Phi) is 5.34. The average Bonchev–Trinajstić information content (AvgIpc) is 2.88. The van der Waals surface area contributed by atoms with E-state index in [-0.39, 0.29) is 11.9 Å². The third kappa shape index (κ3) is 3.54. The molecule has 3 heteroatoms. The fourth-order valence-electron chi connectivity index (χ4n) is 3.16. The lowest BCUT2D eigenvalue weighted by molar-refractivity contribution is 0.235. The average molecular weight is 264 g/mol. The highest BCUT2D eigenvalue weighted by Gasteiger charge is 2.23. The van der Waals surface area contributed by atoms with E-state index < -0.39 is 0 Å². The summed E-state index contributed by atoms with van der Waals surface area (Å²) < 4.78 is 13.8. The van der Waals surface area contributed by atoms with Gasteiger partial charge in [0.05, 0.1) is 0 Å². The van der Waals surface area contributed by atoms with Gasteiger partial charge in [0.15, 0.2) is 0 Å². The second-order valence-electron chi connectivity index (χ2n) is 5.39. The summed E-state index contributed by atoms with van der Waals surface area (Å²) in [6.07, 6.45) is 4.82. The van der Waals surface area contributed by atoms with Crippen LogP contribution in [0.15, 0.2) is 24.3 Å². The highest BCUT2D eigenvalue weighted by atomic mass is 19.1. The van der Waals surface area contributed by atoms with Crippen LogP contribution in [-0.4, -0.2) is 31.1 Å². The number of hydrogen-bond donors (Lipinski definition) is 1. The van der Waals surface area contributed by atoms with E-state index in [2.05, 4.69) is 17.1 Å². The van der Waals surface area contributed by atoms with Crippen molar-refractivity contribution in [1.29, 1.82) is 0 Å². The Morgan fingerprint density at radius 3 is 2.89 bits per heavy atom. The highest BCUT2D eigenvalue weighted by Crippen LogP contribution is 2.24. The number of halogens is 1. The molecule has 106 valence electrons. The normalized spacial score (nSPS) is 21.7. The summed E-state index contributed by atoms with van der Waals surface area (Å²) in [5, 5.41) is 3.25. The largest absolute Gasteiger partial charge is 0.313 e. The lowest BCUT2D eigenvalue weighted by atomic mass is 10.0. The third-order valence-corrected chi connectivity index (χ3v) is 4.30. The van der Waals surface area contributed by atoms with Gasteiger partial charge in [0, 0.05) is 24.2 Å². The first kappa shape index (κ1) is 14.5. The number of nitrogens with one attached hydrogen (secondary N) is 1. The Morgan fingerprint density at radius 2 is 2.21 bits per heavy atom. The number of likely N-dealkylation sites (tertiary alicyclic amines) is 1. The van der Waals surface area contributed by atoms with Crippen molar-refractivity contribution in [3.8, 4) is 0 Å². The molecule has 1 aromatic carbocycles. The summed E-state index contributed by atoms with van der Waals surface area (Å²) in [6, 6.07) is 7.94. The van der Waals surface area contributed by atoms with Gasteiger partial charge in [-0.15, -0.1) is 0 Å².